The molecule has 0 bridgehead atoms. The topological polar surface area (TPSA) is 103 Å². The Labute approximate surface area is 172 Å². The van der Waals surface area contributed by atoms with E-state index in [2.05, 4.69) is 26.6 Å². The van der Waals surface area contributed by atoms with E-state index in [1.165, 1.54) is 7.11 Å². The molecule has 9 heteroatoms. The van der Waals surface area contributed by atoms with Crippen molar-refractivity contribution in [2.75, 3.05) is 20.2 Å². The fraction of sp³-hybridized carbons (Fsp3) is 0.526. The number of rotatable bonds is 5. The molecule has 1 amide bonds. The van der Waals surface area contributed by atoms with Crippen LogP contribution in [0.5, 0.6) is 11.5 Å². The summed E-state index contributed by atoms with van der Waals surface area (Å²) in [5.74, 6) is -0.465. The van der Waals surface area contributed by atoms with E-state index in [4.69, 9.17) is 14.2 Å². The van der Waals surface area contributed by atoms with E-state index >= 15 is 0 Å². The maximum absolute atomic E-state index is 13.1. The normalized spacial score (nSPS) is 19.1. The average molecular weight is 457 g/mol. The van der Waals surface area contributed by atoms with Gasteiger partial charge in [0.05, 0.1) is 12.7 Å². The van der Waals surface area contributed by atoms with Gasteiger partial charge in [-0.05, 0) is 68.2 Å². The van der Waals surface area contributed by atoms with E-state index < -0.39 is 23.2 Å². The van der Waals surface area contributed by atoms with Crippen LogP contribution in [-0.4, -0.2) is 49.7 Å². The summed E-state index contributed by atoms with van der Waals surface area (Å²) in [4.78, 5) is 36.9. The maximum atomic E-state index is 13.1. The minimum Gasteiger partial charge on any atom is -0.493 e. The Kier molecular flexibility index (Phi) is 6.71. The number of halogens is 1. The minimum absolute atomic E-state index is 0.00256. The molecule has 28 heavy (non-hydrogen) atoms. The third-order valence-electron chi connectivity index (χ3n) is 4.22. The van der Waals surface area contributed by atoms with Crippen molar-refractivity contribution in [1.29, 1.82) is 0 Å². The third-order valence-corrected chi connectivity index (χ3v) is 5.27. The Morgan fingerprint density at radius 1 is 1.36 bits per heavy atom. The van der Waals surface area contributed by atoms with Crippen molar-refractivity contribution >= 4 is 34.3 Å². The first-order valence-electron chi connectivity index (χ1n) is 8.79. The highest BCUT2D eigenvalue weighted by molar-refractivity contribution is 9.10. The summed E-state index contributed by atoms with van der Waals surface area (Å²) in [7, 11) is 1.42. The molecule has 0 spiro atoms. The molecule has 1 aromatic rings. The van der Waals surface area contributed by atoms with E-state index in [-0.39, 0.29) is 23.6 Å². The summed E-state index contributed by atoms with van der Waals surface area (Å²) in [6.45, 7) is 7.68. The number of nitrogens with one attached hydrogen (secondary N) is 2. The number of hydrogen-bond acceptors (Lipinski definition) is 7. The molecule has 8 nitrogen and oxygen atoms in total. The molecule has 1 aromatic carbocycles. The van der Waals surface area contributed by atoms with Crippen LogP contribution in [0.3, 0.4) is 0 Å². The number of aldehydes is 1. The molecule has 1 saturated heterocycles. The van der Waals surface area contributed by atoms with E-state index in [0.717, 1.165) is 5.56 Å². The van der Waals surface area contributed by atoms with E-state index in [9.17, 15) is 14.4 Å². The highest BCUT2D eigenvalue weighted by atomic mass is 79.9. The number of aryl methyl sites for hydroxylation is 1. The molecule has 0 aromatic heterocycles. The number of methoxy groups -OCH3 is 1. The molecule has 1 aliphatic heterocycles. The zero-order valence-electron chi connectivity index (χ0n) is 16.6. The van der Waals surface area contributed by atoms with Gasteiger partial charge in [-0.25, -0.2) is 9.59 Å². The van der Waals surface area contributed by atoms with Crippen molar-refractivity contribution in [3.8, 4) is 11.5 Å². The summed E-state index contributed by atoms with van der Waals surface area (Å²) in [6.07, 6.45) is 0.181. The lowest BCUT2D eigenvalue weighted by Gasteiger charge is -2.29. The first-order chi connectivity index (χ1) is 13.0. The SMILES string of the molecule is COc1cc(C)c(Br)c(C=O)c1OC(=O)C1(NC(=O)OC(C)(C)C)CCNC1. The monoisotopic (exact) mass is 456 g/mol. The maximum Gasteiger partial charge on any atom is 0.408 e. The number of hydrogen-bond donors (Lipinski definition) is 2. The molecule has 154 valence electrons. The summed E-state index contributed by atoms with van der Waals surface area (Å²) < 4.78 is 16.6. The predicted octanol–water partition coefficient (Wildman–Crippen LogP) is 2.74. The van der Waals surface area contributed by atoms with Gasteiger partial charge in [-0.15, -0.1) is 0 Å². The van der Waals surface area contributed by atoms with Crippen LogP contribution < -0.4 is 20.1 Å². The second-order valence-electron chi connectivity index (χ2n) is 7.60. The summed E-state index contributed by atoms with van der Waals surface area (Å²) >= 11 is 3.33. The van der Waals surface area contributed by atoms with Crippen molar-refractivity contribution in [1.82, 2.24) is 10.6 Å². The zero-order valence-corrected chi connectivity index (χ0v) is 18.2. The predicted molar refractivity (Wildman–Crippen MR) is 106 cm³/mol. The Bertz CT molecular complexity index is 782. The second kappa shape index (κ2) is 8.48. The van der Waals surface area contributed by atoms with Crippen molar-refractivity contribution in [2.45, 2.75) is 45.3 Å². The Hall–Kier alpha value is -2.13. The lowest BCUT2D eigenvalue weighted by Crippen LogP contribution is -2.58. The quantitative estimate of drug-likeness (QED) is 0.398. The van der Waals surface area contributed by atoms with Gasteiger partial charge >= 0.3 is 12.1 Å². The molecular weight excluding hydrogens is 432 g/mol. The van der Waals surface area contributed by atoms with Crippen LogP contribution in [0.25, 0.3) is 0 Å². The molecule has 1 fully saturated rings. The first kappa shape index (κ1) is 22.2. The Morgan fingerprint density at radius 3 is 2.54 bits per heavy atom. The van der Waals surface area contributed by atoms with Crippen LogP contribution in [0, 0.1) is 6.92 Å². The van der Waals surface area contributed by atoms with Crippen molar-refractivity contribution < 1.29 is 28.6 Å². The largest absolute Gasteiger partial charge is 0.493 e. The van der Waals surface area contributed by atoms with Gasteiger partial charge in [0.25, 0.3) is 0 Å². The van der Waals surface area contributed by atoms with Gasteiger partial charge < -0.3 is 24.8 Å². The van der Waals surface area contributed by atoms with Crippen LogP contribution >= 0.6 is 15.9 Å². The highest BCUT2D eigenvalue weighted by Gasteiger charge is 2.46. The molecule has 1 aliphatic rings. The summed E-state index contributed by atoms with van der Waals surface area (Å²) in [6, 6.07) is 1.65. The number of alkyl carbamates (subject to hydrolysis) is 1. The molecule has 1 unspecified atom stereocenters. The van der Waals surface area contributed by atoms with Gasteiger partial charge in [-0.2, -0.15) is 0 Å². The van der Waals surface area contributed by atoms with Gasteiger partial charge in [-0.3, -0.25) is 4.79 Å². The number of carbonyl (C=O) groups is 3. The Morgan fingerprint density at radius 2 is 2.04 bits per heavy atom. The summed E-state index contributed by atoms with van der Waals surface area (Å²) in [5, 5.41) is 5.68. The standard InChI is InChI=1S/C19H25BrN2O6/c1-11-8-13(26-5)15(12(9-23)14(11)20)27-16(24)19(6-7-21-10-19)22-17(25)28-18(2,3)4/h8-9,21H,6-7,10H2,1-5H3,(H,22,25). The van der Waals surface area contributed by atoms with Gasteiger partial charge in [-0.1, -0.05) is 0 Å². The molecule has 0 aliphatic carbocycles. The molecule has 0 radical (unpaired) electrons. The number of esters is 1. The zero-order chi connectivity index (χ0) is 21.1. The lowest BCUT2D eigenvalue weighted by atomic mass is 9.99. The highest BCUT2D eigenvalue weighted by Crippen LogP contribution is 2.38. The van der Waals surface area contributed by atoms with Gasteiger partial charge in [0.15, 0.2) is 23.3 Å². The van der Waals surface area contributed by atoms with E-state index in [1.54, 1.807) is 33.8 Å². The van der Waals surface area contributed by atoms with Gasteiger partial charge in [0, 0.05) is 11.0 Å². The molecule has 0 saturated carbocycles. The first-order valence-corrected chi connectivity index (χ1v) is 9.59. The van der Waals surface area contributed by atoms with Gasteiger partial charge in [0.1, 0.15) is 5.60 Å². The molecule has 1 atom stereocenters. The van der Waals surface area contributed by atoms with Crippen molar-refractivity contribution in [3.05, 3.63) is 21.7 Å². The molecule has 2 rings (SSSR count). The third kappa shape index (κ3) is 4.82. The van der Waals surface area contributed by atoms with Crippen molar-refractivity contribution in [3.63, 3.8) is 0 Å². The van der Waals surface area contributed by atoms with E-state index in [0.29, 0.717) is 23.7 Å². The fourth-order valence-electron chi connectivity index (χ4n) is 2.85. The van der Waals surface area contributed by atoms with Crippen LogP contribution in [0.15, 0.2) is 10.5 Å². The van der Waals surface area contributed by atoms with Gasteiger partial charge in [0.2, 0.25) is 0 Å². The van der Waals surface area contributed by atoms with Crippen LogP contribution in [0.4, 0.5) is 4.79 Å². The molecule has 1 heterocycles. The number of ether oxygens (including phenoxy) is 3. The van der Waals surface area contributed by atoms with Crippen LogP contribution in [0.1, 0.15) is 43.1 Å². The number of carbonyl (C=O) groups excluding carboxylic acids is 3. The Balaban J connectivity index is 2.34. The summed E-state index contributed by atoms with van der Waals surface area (Å²) in [5.41, 5.74) is -1.12. The van der Waals surface area contributed by atoms with Crippen LogP contribution in [0.2, 0.25) is 0 Å². The average Bonchev–Trinajstić information content (AvgIpc) is 3.06. The molecular formula is C19H25BrN2O6. The fourth-order valence-corrected chi connectivity index (χ4v) is 3.23. The molecule has 2 N–H and O–H groups in total. The second-order valence-corrected chi connectivity index (χ2v) is 8.39. The number of benzene rings is 1. The number of amides is 1. The van der Waals surface area contributed by atoms with Crippen molar-refractivity contribution in [2.24, 2.45) is 0 Å². The lowest BCUT2D eigenvalue weighted by molar-refractivity contribution is -0.141. The minimum atomic E-state index is -1.31. The smallest absolute Gasteiger partial charge is 0.408 e. The van der Waals surface area contributed by atoms with E-state index in [1.807, 2.05) is 0 Å². The van der Waals surface area contributed by atoms with Crippen LogP contribution in [-0.2, 0) is 9.53 Å².